The third kappa shape index (κ3) is 8.58. The Morgan fingerprint density at radius 1 is 1.03 bits per heavy atom. The summed E-state index contributed by atoms with van der Waals surface area (Å²) in [6.07, 6.45) is 3.52. The average Bonchev–Trinajstić information content (AvgIpc) is 2.91. The number of carbonyl (C=O) groups is 2. The Balaban J connectivity index is 1.74. The lowest BCUT2D eigenvalue weighted by molar-refractivity contribution is -0.141. The van der Waals surface area contributed by atoms with E-state index >= 15 is 0 Å². The van der Waals surface area contributed by atoms with E-state index in [9.17, 15) is 22.4 Å². The van der Waals surface area contributed by atoms with E-state index in [0.29, 0.717) is 48.9 Å². The maximum absolute atomic E-state index is 13.5. The minimum Gasteiger partial charge on any atom is -0.486 e. The number of sulfonamides is 1. The van der Waals surface area contributed by atoms with Gasteiger partial charge >= 0.3 is 0 Å². The van der Waals surface area contributed by atoms with Crippen molar-refractivity contribution in [1.82, 2.24) is 10.2 Å². The molecule has 0 radical (unpaired) electrons. The number of nitrogens with zero attached hydrogens (tertiary/aromatic N) is 2. The van der Waals surface area contributed by atoms with E-state index in [0.717, 1.165) is 19.1 Å². The van der Waals surface area contributed by atoms with Crippen LogP contribution in [0, 0.1) is 5.82 Å². The van der Waals surface area contributed by atoms with Crippen molar-refractivity contribution in [3.63, 3.8) is 0 Å². The zero-order chi connectivity index (χ0) is 28.4. The van der Waals surface area contributed by atoms with Crippen molar-refractivity contribution in [3.8, 4) is 11.5 Å². The number of carbonyl (C=O) groups excluding carboxylic acids is 2. The first-order chi connectivity index (χ1) is 18.6. The number of rotatable bonds is 14. The van der Waals surface area contributed by atoms with E-state index in [1.165, 1.54) is 21.3 Å². The van der Waals surface area contributed by atoms with Crippen molar-refractivity contribution in [2.24, 2.45) is 0 Å². The van der Waals surface area contributed by atoms with Crippen LogP contribution in [-0.2, 0) is 26.2 Å². The van der Waals surface area contributed by atoms with Crippen LogP contribution < -0.4 is 19.1 Å². The van der Waals surface area contributed by atoms with E-state index in [4.69, 9.17) is 9.47 Å². The summed E-state index contributed by atoms with van der Waals surface area (Å²) < 4.78 is 51.1. The van der Waals surface area contributed by atoms with Crippen LogP contribution in [0.1, 0.15) is 51.5 Å². The second kappa shape index (κ2) is 14.2. The zero-order valence-electron chi connectivity index (χ0n) is 22.8. The molecule has 9 nitrogen and oxygen atoms in total. The van der Waals surface area contributed by atoms with Gasteiger partial charge in [-0.15, -0.1) is 0 Å². The van der Waals surface area contributed by atoms with Crippen LogP contribution in [-0.4, -0.2) is 63.7 Å². The first-order valence-corrected chi connectivity index (χ1v) is 15.2. The lowest BCUT2D eigenvalue weighted by Crippen LogP contribution is -2.49. The third-order valence-corrected chi connectivity index (χ3v) is 7.64. The summed E-state index contributed by atoms with van der Waals surface area (Å²) in [5.74, 6) is 0.102. The molecule has 0 aromatic heterocycles. The van der Waals surface area contributed by atoms with Crippen LogP contribution in [0.4, 0.5) is 10.1 Å². The molecule has 1 heterocycles. The molecule has 0 fully saturated rings. The maximum atomic E-state index is 13.5. The van der Waals surface area contributed by atoms with E-state index in [-0.39, 0.29) is 43.6 Å². The molecule has 2 aromatic rings. The molecular weight excluding hydrogens is 525 g/mol. The minimum atomic E-state index is -3.65. The molecule has 0 saturated heterocycles. The molecule has 11 heteroatoms. The van der Waals surface area contributed by atoms with Crippen molar-refractivity contribution >= 4 is 27.5 Å². The molecule has 0 saturated carbocycles. The SMILES string of the molecule is CCCCNC(=O)[C@H](CC)N(Cc1ccc(F)cc1)C(=O)CCCN(c1ccc2c(c1)OCCO2)S(C)(=O)=O. The number of unbranched alkanes of at least 4 members (excludes halogenated alkanes) is 1. The second-order valence-corrected chi connectivity index (χ2v) is 11.4. The van der Waals surface area contributed by atoms with Crippen LogP contribution in [0.3, 0.4) is 0 Å². The zero-order valence-corrected chi connectivity index (χ0v) is 23.6. The number of hydrogen-bond acceptors (Lipinski definition) is 6. The summed E-state index contributed by atoms with van der Waals surface area (Å²) in [5, 5.41) is 2.90. The highest BCUT2D eigenvalue weighted by atomic mass is 32.2. The topological polar surface area (TPSA) is 105 Å². The summed E-state index contributed by atoms with van der Waals surface area (Å²) >= 11 is 0. The highest BCUT2D eigenvalue weighted by Crippen LogP contribution is 2.34. The largest absolute Gasteiger partial charge is 0.486 e. The minimum absolute atomic E-state index is 0.0243. The number of amides is 2. The predicted octanol–water partition coefficient (Wildman–Crippen LogP) is 3.87. The number of halogens is 1. The summed E-state index contributed by atoms with van der Waals surface area (Å²) in [7, 11) is -3.65. The normalized spacial score (nSPS) is 13.4. The van der Waals surface area contributed by atoms with Crippen LogP contribution >= 0.6 is 0 Å². The standard InChI is InChI=1S/C28H38FN3O6S/c1-4-6-15-30-28(34)24(5-2)31(20-21-9-11-22(29)12-10-21)27(33)8-7-16-32(39(3,35)36)23-13-14-25-26(19-23)38-18-17-37-25/h9-14,19,24H,4-8,15-18,20H2,1-3H3,(H,30,34)/t24-/m0/s1. The van der Waals surface area contributed by atoms with Crippen LogP contribution in [0.2, 0.25) is 0 Å². The number of benzene rings is 2. The Bertz CT molecular complexity index is 1220. The van der Waals surface area contributed by atoms with Gasteiger partial charge < -0.3 is 19.7 Å². The number of ether oxygens (including phenoxy) is 2. The van der Waals surface area contributed by atoms with Crippen LogP contribution in [0.15, 0.2) is 42.5 Å². The summed E-state index contributed by atoms with van der Waals surface area (Å²) in [6, 6.07) is 10.0. The molecule has 3 rings (SSSR count). The maximum Gasteiger partial charge on any atom is 0.242 e. The quantitative estimate of drug-likeness (QED) is 0.350. The van der Waals surface area contributed by atoms with Crippen LogP contribution in [0.25, 0.3) is 0 Å². The first kappa shape index (κ1) is 30.2. The Kier molecular flexibility index (Phi) is 11.0. The predicted molar refractivity (Wildman–Crippen MR) is 148 cm³/mol. The number of fused-ring (bicyclic) bond motifs is 1. The van der Waals surface area contributed by atoms with Gasteiger partial charge in [0.25, 0.3) is 0 Å². The molecule has 0 bridgehead atoms. The number of hydrogen-bond donors (Lipinski definition) is 1. The van der Waals surface area contributed by atoms with E-state index in [1.54, 1.807) is 30.3 Å². The van der Waals surface area contributed by atoms with E-state index in [1.807, 2.05) is 13.8 Å². The molecule has 214 valence electrons. The van der Waals surface area contributed by atoms with Crippen molar-refractivity contribution in [2.45, 2.75) is 58.5 Å². The highest BCUT2D eigenvalue weighted by Gasteiger charge is 2.29. The molecule has 1 aliphatic rings. The van der Waals surface area contributed by atoms with Crippen LogP contribution in [0.5, 0.6) is 11.5 Å². The summed E-state index contributed by atoms with van der Waals surface area (Å²) in [5.41, 5.74) is 1.11. The van der Waals surface area contributed by atoms with E-state index < -0.39 is 16.1 Å². The molecular formula is C28H38FN3O6S. The summed E-state index contributed by atoms with van der Waals surface area (Å²) in [4.78, 5) is 28.0. The van der Waals surface area contributed by atoms with Gasteiger partial charge in [0, 0.05) is 32.1 Å². The van der Waals surface area contributed by atoms with Gasteiger partial charge in [-0.3, -0.25) is 13.9 Å². The third-order valence-electron chi connectivity index (χ3n) is 6.45. The van der Waals surface area contributed by atoms with Crippen molar-refractivity contribution < 1.29 is 31.9 Å². The fourth-order valence-electron chi connectivity index (χ4n) is 4.40. The Hall–Kier alpha value is -3.34. The van der Waals surface area contributed by atoms with Gasteiger partial charge in [-0.05, 0) is 49.1 Å². The van der Waals surface area contributed by atoms with Gasteiger partial charge in [0.2, 0.25) is 21.8 Å². The molecule has 2 aromatic carbocycles. The Morgan fingerprint density at radius 3 is 2.36 bits per heavy atom. The molecule has 0 spiro atoms. The van der Waals surface area contributed by atoms with Gasteiger partial charge in [0.15, 0.2) is 11.5 Å². The summed E-state index contributed by atoms with van der Waals surface area (Å²) in [6.45, 7) is 5.38. The molecule has 1 N–H and O–H groups in total. The van der Waals surface area contributed by atoms with Gasteiger partial charge in [-0.1, -0.05) is 32.4 Å². The Morgan fingerprint density at radius 2 is 1.72 bits per heavy atom. The second-order valence-electron chi connectivity index (χ2n) is 9.48. The monoisotopic (exact) mass is 563 g/mol. The first-order valence-electron chi connectivity index (χ1n) is 13.3. The molecule has 1 aliphatic heterocycles. The fourth-order valence-corrected chi connectivity index (χ4v) is 5.36. The highest BCUT2D eigenvalue weighted by molar-refractivity contribution is 7.92. The molecule has 1 atom stereocenters. The number of anilines is 1. The van der Waals surface area contributed by atoms with Crippen molar-refractivity contribution in [3.05, 3.63) is 53.8 Å². The molecule has 0 unspecified atom stereocenters. The van der Waals surface area contributed by atoms with Crippen molar-refractivity contribution in [1.29, 1.82) is 0 Å². The fraction of sp³-hybridized carbons (Fsp3) is 0.500. The molecule has 0 aliphatic carbocycles. The van der Waals surface area contributed by atoms with Gasteiger partial charge in [-0.25, -0.2) is 12.8 Å². The Labute approximate surface area is 230 Å². The lowest BCUT2D eigenvalue weighted by Gasteiger charge is -2.31. The number of nitrogens with one attached hydrogen (secondary N) is 1. The molecule has 39 heavy (non-hydrogen) atoms. The van der Waals surface area contributed by atoms with Gasteiger partial charge in [0.05, 0.1) is 11.9 Å². The van der Waals surface area contributed by atoms with Gasteiger partial charge in [0.1, 0.15) is 25.1 Å². The molecule has 2 amide bonds. The van der Waals surface area contributed by atoms with Crippen molar-refractivity contribution in [2.75, 3.05) is 36.9 Å². The van der Waals surface area contributed by atoms with Gasteiger partial charge in [-0.2, -0.15) is 0 Å². The van der Waals surface area contributed by atoms with E-state index in [2.05, 4.69) is 5.32 Å². The average molecular weight is 564 g/mol. The smallest absolute Gasteiger partial charge is 0.242 e. The lowest BCUT2D eigenvalue weighted by atomic mass is 10.1.